The molecule has 0 aromatic carbocycles. The number of sulfonamides is 1. The van der Waals surface area contributed by atoms with Crippen LogP contribution in [0.5, 0.6) is 0 Å². The first kappa shape index (κ1) is 15.0. The van der Waals surface area contributed by atoms with Crippen LogP contribution in [0.2, 0.25) is 0 Å². The highest BCUT2D eigenvalue weighted by Gasteiger charge is 2.49. The number of amides is 1. The van der Waals surface area contributed by atoms with Gasteiger partial charge in [-0.05, 0) is 26.7 Å². The van der Waals surface area contributed by atoms with E-state index in [1.807, 2.05) is 0 Å². The second-order valence-corrected chi connectivity index (χ2v) is 7.13. The Labute approximate surface area is 118 Å². The van der Waals surface area contributed by atoms with Crippen LogP contribution >= 0.6 is 0 Å². The molecule has 0 atom stereocenters. The van der Waals surface area contributed by atoms with Crippen molar-refractivity contribution in [3.05, 3.63) is 11.5 Å². The quantitative estimate of drug-likeness (QED) is 0.881. The van der Waals surface area contributed by atoms with Gasteiger partial charge in [0.1, 0.15) is 16.1 Å². The van der Waals surface area contributed by atoms with Gasteiger partial charge < -0.3 is 10.3 Å². The number of aromatic nitrogens is 1. The fourth-order valence-corrected chi connectivity index (χ4v) is 4.70. The first-order valence-corrected chi connectivity index (χ1v) is 7.89. The average molecular weight is 301 g/mol. The van der Waals surface area contributed by atoms with Crippen molar-refractivity contribution in [3.8, 4) is 0 Å². The molecule has 112 valence electrons. The summed E-state index contributed by atoms with van der Waals surface area (Å²) >= 11 is 0. The molecule has 1 aromatic rings. The lowest BCUT2D eigenvalue weighted by molar-refractivity contribution is -0.126. The monoisotopic (exact) mass is 301 g/mol. The molecular formula is C12H19N3O4S. The van der Waals surface area contributed by atoms with E-state index in [0.29, 0.717) is 12.8 Å². The van der Waals surface area contributed by atoms with Crippen molar-refractivity contribution in [2.24, 2.45) is 5.73 Å². The standard InChI is InChI=1S/C12H19N3O4S/c1-8-10(9(2)19-14-8)20(17,18)15(3)12(11(13)16)6-4-5-7-12/h4-7H2,1-3H3,(H2,13,16). The molecule has 2 rings (SSSR count). The van der Waals surface area contributed by atoms with Crippen molar-refractivity contribution in [3.63, 3.8) is 0 Å². The highest BCUT2D eigenvalue weighted by molar-refractivity contribution is 7.89. The number of likely N-dealkylation sites (N-methyl/N-ethyl adjacent to an activating group) is 1. The van der Waals surface area contributed by atoms with Crippen molar-refractivity contribution < 1.29 is 17.7 Å². The van der Waals surface area contributed by atoms with Gasteiger partial charge in [0.15, 0.2) is 5.76 Å². The summed E-state index contributed by atoms with van der Waals surface area (Å²) in [5, 5.41) is 3.66. The minimum absolute atomic E-state index is 0.0209. The Morgan fingerprint density at radius 2 is 1.90 bits per heavy atom. The summed E-state index contributed by atoms with van der Waals surface area (Å²) in [5.41, 5.74) is 4.62. The molecule has 2 N–H and O–H groups in total. The van der Waals surface area contributed by atoms with Crippen LogP contribution in [0.25, 0.3) is 0 Å². The third-order valence-corrected chi connectivity index (χ3v) is 6.25. The zero-order chi connectivity index (χ0) is 15.1. The lowest BCUT2D eigenvalue weighted by atomic mass is 9.97. The van der Waals surface area contributed by atoms with Gasteiger partial charge in [-0.25, -0.2) is 8.42 Å². The lowest BCUT2D eigenvalue weighted by Crippen LogP contribution is -2.56. The highest BCUT2D eigenvalue weighted by atomic mass is 32.2. The topological polar surface area (TPSA) is 106 Å². The number of nitrogens with zero attached hydrogens (tertiary/aromatic N) is 2. The van der Waals surface area contributed by atoms with Gasteiger partial charge in [-0.2, -0.15) is 4.31 Å². The van der Waals surface area contributed by atoms with E-state index in [-0.39, 0.29) is 16.3 Å². The van der Waals surface area contributed by atoms with E-state index in [2.05, 4.69) is 5.16 Å². The molecule has 8 heteroatoms. The zero-order valence-electron chi connectivity index (χ0n) is 11.8. The van der Waals surface area contributed by atoms with Crippen LogP contribution in [-0.2, 0) is 14.8 Å². The first-order chi connectivity index (χ1) is 9.23. The maximum atomic E-state index is 12.7. The minimum Gasteiger partial charge on any atom is -0.368 e. The molecule has 0 saturated heterocycles. The van der Waals surface area contributed by atoms with Crippen LogP contribution < -0.4 is 5.73 Å². The van der Waals surface area contributed by atoms with Crippen molar-refractivity contribution in [2.75, 3.05) is 7.05 Å². The molecule has 1 heterocycles. The Kier molecular flexibility index (Phi) is 3.64. The molecule has 0 spiro atoms. The maximum Gasteiger partial charge on any atom is 0.249 e. The summed E-state index contributed by atoms with van der Waals surface area (Å²) in [5.74, 6) is -0.389. The minimum atomic E-state index is -3.87. The largest absolute Gasteiger partial charge is 0.368 e. The fraction of sp³-hybridized carbons (Fsp3) is 0.667. The predicted molar refractivity (Wildman–Crippen MR) is 71.3 cm³/mol. The Hall–Kier alpha value is -1.41. The summed E-state index contributed by atoms with van der Waals surface area (Å²) in [6.45, 7) is 3.09. The molecule has 0 unspecified atom stereocenters. The van der Waals surface area contributed by atoms with E-state index >= 15 is 0 Å². The van der Waals surface area contributed by atoms with E-state index in [4.69, 9.17) is 10.3 Å². The van der Waals surface area contributed by atoms with Gasteiger partial charge in [-0.3, -0.25) is 4.79 Å². The summed E-state index contributed by atoms with van der Waals surface area (Å²) in [7, 11) is -2.47. The number of hydrogen-bond acceptors (Lipinski definition) is 5. The van der Waals surface area contributed by atoms with Crippen molar-refractivity contribution >= 4 is 15.9 Å². The number of rotatable bonds is 4. The van der Waals surface area contributed by atoms with E-state index in [1.165, 1.54) is 14.0 Å². The van der Waals surface area contributed by atoms with Crippen LogP contribution in [0.4, 0.5) is 0 Å². The molecule has 0 bridgehead atoms. The third kappa shape index (κ3) is 2.03. The van der Waals surface area contributed by atoms with Gasteiger partial charge in [0, 0.05) is 7.05 Å². The van der Waals surface area contributed by atoms with E-state index in [1.54, 1.807) is 6.92 Å². The van der Waals surface area contributed by atoms with Crippen molar-refractivity contribution in [1.82, 2.24) is 9.46 Å². The van der Waals surface area contributed by atoms with E-state index < -0.39 is 21.5 Å². The molecule has 20 heavy (non-hydrogen) atoms. The number of hydrogen-bond donors (Lipinski definition) is 1. The number of aryl methyl sites for hydroxylation is 2. The second-order valence-electron chi connectivity index (χ2n) is 5.23. The van der Waals surface area contributed by atoms with Crippen LogP contribution in [0.15, 0.2) is 9.42 Å². The molecule has 7 nitrogen and oxygen atoms in total. The zero-order valence-corrected chi connectivity index (χ0v) is 12.7. The molecule has 0 aliphatic heterocycles. The molecule has 1 aliphatic rings. The van der Waals surface area contributed by atoms with Crippen molar-refractivity contribution in [2.45, 2.75) is 50.0 Å². The summed E-state index contributed by atoms with van der Waals surface area (Å²) in [6.07, 6.45) is 2.46. The van der Waals surface area contributed by atoms with Crippen LogP contribution in [-0.4, -0.2) is 36.4 Å². The lowest BCUT2D eigenvalue weighted by Gasteiger charge is -2.34. The van der Waals surface area contributed by atoms with Gasteiger partial charge in [0.25, 0.3) is 0 Å². The highest BCUT2D eigenvalue weighted by Crippen LogP contribution is 2.38. The second kappa shape index (κ2) is 4.85. The average Bonchev–Trinajstić information content (AvgIpc) is 2.96. The molecule has 1 amide bonds. The Bertz CT molecular complexity index is 610. The molecule has 1 aliphatic carbocycles. The first-order valence-electron chi connectivity index (χ1n) is 6.45. The van der Waals surface area contributed by atoms with Crippen LogP contribution in [0.3, 0.4) is 0 Å². The molecule has 1 aromatic heterocycles. The molecule has 0 radical (unpaired) electrons. The number of nitrogens with two attached hydrogens (primary N) is 1. The summed E-state index contributed by atoms with van der Waals surface area (Å²) in [4.78, 5) is 11.8. The van der Waals surface area contributed by atoms with Gasteiger partial charge in [-0.1, -0.05) is 18.0 Å². The molecule has 1 fully saturated rings. The van der Waals surface area contributed by atoms with Gasteiger partial charge in [-0.15, -0.1) is 0 Å². The van der Waals surface area contributed by atoms with Crippen molar-refractivity contribution in [1.29, 1.82) is 0 Å². The third-order valence-electron chi connectivity index (χ3n) is 4.08. The fourth-order valence-electron chi connectivity index (χ4n) is 2.89. The number of primary amides is 1. The Morgan fingerprint density at radius 1 is 1.35 bits per heavy atom. The van der Waals surface area contributed by atoms with Crippen LogP contribution in [0.1, 0.15) is 37.1 Å². The van der Waals surface area contributed by atoms with Gasteiger partial charge >= 0.3 is 0 Å². The van der Waals surface area contributed by atoms with E-state index in [0.717, 1.165) is 17.1 Å². The maximum absolute atomic E-state index is 12.7. The SMILES string of the molecule is Cc1noc(C)c1S(=O)(=O)N(C)C1(C(N)=O)CCCC1. The Morgan fingerprint density at radius 3 is 2.30 bits per heavy atom. The van der Waals surface area contributed by atoms with Gasteiger partial charge in [0.2, 0.25) is 15.9 Å². The predicted octanol–water partition coefficient (Wildman–Crippen LogP) is 0.710. The smallest absolute Gasteiger partial charge is 0.249 e. The number of carbonyl (C=O) groups excluding carboxylic acids is 1. The molecular weight excluding hydrogens is 282 g/mol. The molecule has 1 saturated carbocycles. The number of carbonyl (C=O) groups is 1. The summed E-state index contributed by atoms with van der Waals surface area (Å²) in [6, 6.07) is 0. The van der Waals surface area contributed by atoms with Gasteiger partial charge in [0.05, 0.1) is 0 Å². The normalized spacial score (nSPS) is 18.6. The van der Waals surface area contributed by atoms with E-state index in [9.17, 15) is 13.2 Å². The van der Waals surface area contributed by atoms with Crippen LogP contribution in [0, 0.1) is 13.8 Å². The summed E-state index contributed by atoms with van der Waals surface area (Å²) < 4.78 is 31.5. The Balaban J connectivity index is 2.52.